The minimum atomic E-state index is -4.64. The zero-order chi connectivity index (χ0) is 37.9. The van der Waals surface area contributed by atoms with Crippen LogP contribution in [0.3, 0.4) is 0 Å². The fourth-order valence-electron chi connectivity index (χ4n) is 6.43. The normalized spacial score (nSPS) is 13.2. The van der Waals surface area contributed by atoms with Crippen LogP contribution in [-0.2, 0) is 22.6 Å². The predicted octanol–water partition coefficient (Wildman–Crippen LogP) is 8.81. The third-order valence-corrected chi connectivity index (χ3v) is 10.5. The van der Waals surface area contributed by atoms with E-state index in [1.807, 2.05) is 65.6 Å². The second-order valence-electron chi connectivity index (χ2n) is 12.6. The first kappa shape index (κ1) is 37.7. The summed E-state index contributed by atoms with van der Waals surface area (Å²) in [6, 6.07) is 31.0. The van der Waals surface area contributed by atoms with Crippen LogP contribution in [0.1, 0.15) is 55.3 Å². The van der Waals surface area contributed by atoms with Gasteiger partial charge in [0.25, 0.3) is 11.8 Å². The zero-order valence-electron chi connectivity index (χ0n) is 28.3. The van der Waals surface area contributed by atoms with E-state index in [0.29, 0.717) is 24.4 Å². The molecule has 7 nitrogen and oxygen atoms in total. The van der Waals surface area contributed by atoms with Crippen LogP contribution in [0.2, 0.25) is 5.02 Å². The predicted molar refractivity (Wildman–Crippen MR) is 194 cm³/mol. The number of hydrogen-bond donors (Lipinski definition) is 0. The van der Waals surface area contributed by atoms with Gasteiger partial charge in [-0.05, 0) is 41.3 Å². The van der Waals surface area contributed by atoms with Crippen LogP contribution in [0.5, 0.6) is 5.75 Å². The molecule has 1 heterocycles. The van der Waals surface area contributed by atoms with Gasteiger partial charge in [-0.3, -0.25) is 14.5 Å². The van der Waals surface area contributed by atoms with Crippen LogP contribution in [0.15, 0.2) is 120 Å². The number of carbonyl (C=O) groups is 2. The standard InChI is InChI=1S/C40H33ClF4N2O5S/c1-53(50,51)35-23-29(22-34(42)37(35)47-38(48)30-17-8-9-18-31(30)39(47)49)52-21-11-20-46(24-28-16-10-19-33(36(28)41)40(43,44)45)25-32(26-12-4-2-5-13-26)27-14-6-3-7-15-27/h2-10,12-19,22-23,32H,11,20-21,24-25H2,1H3. The number of alkyl halides is 3. The fourth-order valence-corrected chi connectivity index (χ4v) is 7.60. The van der Waals surface area contributed by atoms with Crippen molar-refractivity contribution in [3.63, 3.8) is 0 Å². The van der Waals surface area contributed by atoms with Crippen LogP contribution in [0, 0.1) is 5.82 Å². The number of hydrogen-bond acceptors (Lipinski definition) is 6. The lowest BCUT2D eigenvalue weighted by Gasteiger charge is -2.29. The maximum Gasteiger partial charge on any atom is 0.417 e. The molecule has 0 saturated heterocycles. The van der Waals surface area contributed by atoms with Gasteiger partial charge in [0.2, 0.25) is 0 Å². The number of amides is 2. The molecule has 2 amide bonds. The number of nitrogens with zero attached hydrogens (tertiary/aromatic N) is 2. The summed E-state index contributed by atoms with van der Waals surface area (Å²) in [5.74, 6) is -3.17. The molecule has 0 unspecified atom stereocenters. The van der Waals surface area contributed by atoms with Crippen LogP contribution in [0.4, 0.5) is 23.2 Å². The number of fused-ring (bicyclic) bond motifs is 1. The van der Waals surface area contributed by atoms with Crippen LogP contribution in [0.25, 0.3) is 0 Å². The lowest BCUT2D eigenvalue weighted by atomic mass is 9.90. The average molecular weight is 765 g/mol. The van der Waals surface area contributed by atoms with Crippen molar-refractivity contribution in [2.75, 3.05) is 30.9 Å². The van der Waals surface area contributed by atoms with Crippen molar-refractivity contribution in [1.29, 1.82) is 0 Å². The summed E-state index contributed by atoms with van der Waals surface area (Å²) >= 11 is 6.32. The van der Waals surface area contributed by atoms with E-state index >= 15 is 4.39 Å². The van der Waals surface area contributed by atoms with E-state index < -0.39 is 49.8 Å². The first-order chi connectivity index (χ1) is 25.2. The van der Waals surface area contributed by atoms with Gasteiger partial charge >= 0.3 is 6.18 Å². The molecule has 5 aromatic rings. The third kappa shape index (κ3) is 8.30. The van der Waals surface area contributed by atoms with Crippen molar-refractivity contribution in [1.82, 2.24) is 4.90 Å². The molecular formula is C40H33ClF4N2O5S. The Kier molecular flexibility index (Phi) is 11.0. The Labute approximate surface area is 309 Å². The van der Waals surface area contributed by atoms with Gasteiger partial charge in [-0.1, -0.05) is 96.5 Å². The molecule has 53 heavy (non-hydrogen) atoms. The number of anilines is 1. The smallest absolute Gasteiger partial charge is 0.417 e. The molecule has 0 radical (unpaired) electrons. The highest BCUT2D eigenvalue weighted by atomic mass is 35.5. The van der Waals surface area contributed by atoms with Crippen molar-refractivity contribution in [3.8, 4) is 5.75 Å². The molecule has 1 aliphatic rings. The van der Waals surface area contributed by atoms with E-state index in [1.54, 1.807) is 6.07 Å². The summed E-state index contributed by atoms with van der Waals surface area (Å²) in [5.41, 5.74) is 0.697. The topological polar surface area (TPSA) is 84.0 Å². The van der Waals surface area contributed by atoms with Gasteiger partial charge in [-0.2, -0.15) is 13.2 Å². The number of rotatable bonds is 13. The van der Waals surface area contributed by atoms with E-state index in [-0.39, 0.29) is 46.5 Å². The van der Waals surface area contributed by atoms with Crippen LogP contribution in [-0.4, -0.2) is 51.1 Å². The maximum atomic E-state index is 15.8. The molecule has 0 aromatic heterocycles. The number of carbonyl (C=O) groups excluding carboxylic acids is 2. The quantitative estimate of drug-likeness (QED) is 0.0678. The molecule has 0 saturated carbocycles. The zero-order valence-corrected chi connectivity index (χ0v) is 29.9. The Morgan fingerprint density at radius 1 is 0.811 bits per heavy atom. The Morgan fingerprint density at radius 3 is 1.92 bits per heavy atom. The highest BCUT2D eigenvalue weighted by Gasteiger charge is 2.40. The lowest BCUT2D eigenvalue weighted by molar-refractivity contribution is -0.137. The lowest BCUT2D eigenvalue weighted by Crippen LogP contribution is -2.32. The fraction of sp³-hybridized carbons (Fsp3) is 0.200. The minimum Gasteiger partial charge on any atom is -0.493 e. The molecule has 5 aromatic carbocycles. The molecular weight excluding hydrogens is 732 g/mol. The summed E-state index contributed by atoms with van der Waals surface area (Å²) < 4.78 is 88.6. The highest BCUT2D eigenvalue weighted by Crippen LogP contribution is 2.39. The van der Waals surface area contributed by atoms with Gasteiger partial charge in [0, 0.05) is 43.9 Å². The Morgan fingerprint density at radius 2 is 1.38 bits per heavy atom. The molecule has 1 aliphatic heterocycles. The van der Waals surface area contributed by atoms with Crippen LogP contribution < -0.4 is 9.64 Å². The SMILES string of the molecule is CS(=O)(=O)c1cc(OCCCN(Cc2cccc(C(F)(F)F)c2Cl)CC(c2ccccc2)c2ccccc2)cc(F)c1N1C(=O)c2ccccc2C1=O. The molecule has 6 rings (SSSR count). The molecule has 0 spiro atoms. The van der Waals surface area contributed by atoms with E-state index in [9.17, 15) is 31.2 Å². The largest absolute Gasteiger partial charge is 0.493 e. The van der Waals surface area contributed by atoms with Gasteiger partial charge in [0.1, 0.15) is 11.4 Å². The molecule has 0 aliphatic carbocycles. The van der Waals surface area contributed by atoms with Crippen molar-refractivity contribution < 1.29 is 40.3 Å². The van der Waals surface area contributed by atoms with Gasteiger partial charge in [-0.15, -0.1) is 0 Å². The monoisotopic (exact) mass is 764 g/mol. The second-order valence-corrected chi connectivity index (χ2v) is 15.0. The molecule has 0 N–H and O–H groups in total. The highest BCUT2D eigenvalue weighted by molar-refractivity contribution is 7.90. The molecule has 13 heteroatoms. The van der Waals surface area contributed by atoms with Crippen molar-refractivity contribution in [3.05, 3.63) is 159 Å². The number of sulfone groups is 1. The Balaban J connectivity index is 1.25. The summed E-state index contributed by atoms with van der Waals surface area (Å²) in [7, 11) is -4.18. The van der Waals surface area contributed by atoms with Gasteiger partial charge in [0.05, 0.1) is 33.2 Å². The maximum absolute atomic E-state index is 15.8. The average Bonchev–Trinajstić information content (AvgIpc) is 3.38. The number of imide groups is 1. The van der Waals surface area contributed by atoms with Crippen molar-refractivity contribution in [2.24, 2.45) is 0 Å². The van der Waals surface area contributed by atoms with E-state index in [1.165, 1.54) is 30.3 Å². The molecule has 0 atom stereocenters. The second kappa shape index (κ2) is 15.5. The summed E-state index contributed by atoms with van der Waals surface area (Å²) in [6.45, 7) is 0.726. The van der Waals surface area contributed by atoms with Crippen LogP contribution >= 0.6 is 11.6 Å². The molecule has 274 valence electrons. The number of ether oxygens (including phenoxy) is 1. The summed E-state index contributed by atoms with van der Waals surface area (Å²) in [6.07, 6.45) is -3.51. The van der Waals surface area contributed by atoms with E-state index in [0.717, 1.165) is 35.6 Å². The third-order valence-electron chi connectivity index (χ3n) is 8.93. The van der Waals surface area contributed by atoms with Gasteiger partial charge < -0.3 is 4.74 Å². The molecule has 0 bridgehead atoms. The Hall–Kier alpha value is -5.04. The first-order valence-electron chi connectivity index (χ1n) is 16.5. The van der Waals surface area contributed by atoms with Gasteiger partial charge in [0.15, 0.2) is 15.7 Å². The summed E-state index contributed by atoms with van der Waals surface area (Å²) in [4.78, 5) is 28.1. The number of benzene rings is 5. The van der Waals surface area contributed by atoms with E-state index in [4.69, 9.17) is 16.3 Å². The number of halogens is 5. The van der Waals surface area contributed by atoms with Crippen molar-refractivity contribution >= 4 is 38.9 Å². The summed E-state index contributed by atoms with van der Waals surface area (Å²) in [5, 5.41) is -0.390. The minimum absolute atomic E-state index is 0.0226. The van der Waals surface area contributed by atoms with Gasteiger partial charge in [-0.25, -0.2) is 17.7 Å². The molecule has 0 fully saturated rings. The Bertz CT molecular complexity index is 2180. The van der Waals surface area contributed by atoms with E-state index in [2.05, 4.69) is 0 Å². The van der Waals surface area contributed by atoms with Crippen molar-refractivity contribution in [2.45, 2.75) is 30.0 Å². The first-order valence-corrected chi connectivity index (χ1v) is 18.8.